The molecule has 0 saturated carbocycles. The van der Waals surface area contributed by atoms with Crippen LogP contribution >= 0.6 is 0 Å². The summed E-state index contributed by atoms with van der Waals surface area (Å²) >= 11 is 0. The predicted molar refractivity (Wildman–Crippen MR) is 130 cm³/mol. The lowest BCUT2D eigenvalue weighted by atomic mass is 10.0. The Bertz CT molecular complexity index is 1250. The topological polar surface area (TPSA) is 84.9 Å². The summed E-state index contributed by atoms with van der Waals surface area (Å²) in [4.78, 5) is 39.5. The number of carbonyl (C=O) groups excluding carboxylic acids is 3. The molecule has 0 atom stereocenters. The third-order valence-corrected chi connectivity index (χ3v) is 5.21. The summed E-state index contributed by atoms with van der Waals surface area (Å²) < 4.78 is 11.1. The van der Waals surface area contributed by atoms with Gasteiger partial charge < -0.3 is 9.47 Å². The van der Waals surface area contributed by atoms with E-state index in [0.29, 0.717) is 30.3 Å². The van der Waals surface area contributed by atoms with Gasteiger partial charge in [-0.25, -0.2) is 9.69 Å². The molecule has 4 amide bonds. The minimum atomic E-state index is -0.846. The fourth-order valence-electron chi connectivity index (χ4n) is 3.65. The standard InChI is InChI=1S/C27H24N2O5/c1-3-33-21-14-15-24(34-4-2)23(17-21)29-26(31)22(25(30)28-27(29)32)16-18-10-12-20(13-11-18)19-8-6-5-7-9-19/h5-17H,3-4H2,1-2H3,(H,28,30,32)/b22-16+. The molecule has 0 bridgehead atoms. The second-order valence-electron chi connectivity index (χ2n) is 7.44. The Kier molecular flexibility index (Phi) is 6.73. The van der Waals surface area contributed by atoms with E-state index in [1.54, 1.807) is 25.1 Å². The van der Waals surface area contributed by atoms with Crippen LogP contribution in [0.4, 0.5) is 10.5 Å². The lowest BCUT2D eigenvalue weighted by Gasteiger charge is -2.28. The van der Waals surface area contributed by atoms with Crippen LogP contribution in [0.5, 0.6) is 11.5 Å². The quantitative estimate of drug-likeness (QED) is 0.407. The second-order valence-corrected chi connectivity index (χ2v) is 7.44. The third kappa shape index (κ3) is 4.68. The second kappa shape index (κ2) is 10.0. The SMILES string of the molecule is CCOc1ccc(OCC)c(N2C(=O)NC(=O)/C(=C\c3ccc(-c4ccccc4)cc3)C2=O)c1. The van der Waals surface area contributed by atoms with Crippen molar-refractivity contribution in [1.82, 2.24) is 5.32 Å². The summed E-state index contributed by atoms with van der Waals surface area (Å²) in [5.74, 6) is -0.691. The van der Waals surface area contributed by atoms with Crippen molar-refractivity contribution in [2.45, 2.75) is 13.8 Å². The molecule has 0 spiro atoms. The van der Waals surface area contributed by atoms with Crippen molar-refractivity contribution in [3.8, 4) is 22.6 Å². The molecular formula is C27H24N2O5. The number of urea groups is 1. The average molecular weight is 456 g/mol. The molecule has 1 heterocycles. The van der Waals surface area contributed by atoms with Crippen LogP contribution in [0.1, 0.15) is 19.4 Å². The molecule has 1 aliphatic rings. The average Bonchev–Trinajstić information content (AvgIpc) is 2.84. The summed E-state index contributed by atoms with van der Waals surface area (Å²) in [6.45, 7) is 4.37. The van der Waals surface area contributed by atoms with Crippen LogP contribution in [0.25, 0.3) is 17.2 Å². The van der Waals surface area contributed by atoms with E-state index in [1.165, 1.54) is 6.08 Å². The molecule has 7 heteroatoms. The number of carbonyl (C=O) groups is 3. The highest BCUT2D eigenvalue weighted by Crippen LogP contribution is 2.35. The molecule has 3 aromatic carbocycles. The maximum absolute atomic E-state index is 13.3. The van der Waals surface area contributed by atoms with Gasteiger partial charge in [-0.05, 0) is 48.7 Å². The number of hydrogen-bond donors (Lipinski definition) is 1. The van der Waals surface area contributed by atoms with Crippen LogP contribution < -0.4 is 19.7 Å². The Morgan fingerprint density at radius 2 is 1.50 bits per heavy atom. The highest BCUT2D eigenvalue weighted by Gasteiger charge is 2.38. The molecule has 0 unspecified atom stereocenters. The van der Waals surface area contributed by atoms with Gasteiger partial charge in [0.05, 0.1) is 18.9 Å². The van der Waals surface area contributed by atoms with Gasteiger partial charge in [0, 0.05) is 6.07 Å². The van der Waals surface area contributed by atoms with Crippen molar-refractivity contribution in [3.63, 3.8) is 0 Å². The smallest absolute Gasteiger partial charge is 0.336 e. The summed E-state index contributed by atoms with van der Waals surface area (Å²) in [5.41, 5.74) is 2.76. The predicted octanol–water partition coefficient (Wildman–Crippen LogP) is 4.82. The molecule has 0 aromatic heterocycles. The van der Waals surface area contributed by atoms with Gasteiger partial charge in [0.15, 0.2) is 0 Å². The number of ether oxygens (including phenoxy) is 2. The van der Waals surface area contributed by atoms with Gasteiger partial charge in [0.25, 0.3) is 11.8 Å². The van der Waals surface area contributed by atoms with Crippen molar-refractivity contribution in [1.29, 1.82) is 0 Å². The largest absolute Gasteiger partial charge is 0.494 e. The number of anilines is 1. The highest BCUT2D eigenvalue weighted by atomic mass is 16.5. The molecule has 3 aromatic rings. The first-order valence-electron chi connectivity index (χ1n) is 11.0. The first kappa shape index (κ1) is 22.8. The molecule has 1 N–H and O–H groups in total. The summed E-state index contributed by atoms with van der Waals surface area (Å²) in [7, 11) is 0. The summed E-state index contributed by atoms with van der Waals surface area (Å²) in [6, 6.07) is 21.4. The number of nitrogens with one attached hydrogen (secondary N) is 1. The maximum Gasteiger partial charge on any atom is 0.336 e. The number of barbiturate groups is 1. The van der Waals surface area contributed by atoms with Crippen LogP contribution in [0.3, 0.4) is 0 Å². The van der Waals surface area contributed by atoms with Gasteiger partial charge in [-0.15, -0.1) is 0 Å². The minimum absolute atomic E-state index is 0.156. The van der Waals surface area contributed by atoms with Crippen molar-refractivity contribution >= 4 is 29.6 Å². The Morgan fingerprint density at radius 1 is 0.824 bits per heavy atom. The molecular weight excluding hydrogens is 432 g/mol. The first-order valence-corrected chi connectivity index (χ1v) is 11.0. The molecule has 34 heavy (non-hydrogen) atoms. The molecule has 0 aliphatic carbocycles. The Hall–Kier alpha value is -4.39. The van der Waals surface area contributed by atoms with Gasteiger partial charge in [0.1, 0.15) is 17.1 Å². The van der Waals surface area contributed by atoms with Crippen molar-refractivity contribution in [2.24, 2.45) is 0 Å². The molecule has 1 aliphatic heterocycles. The van der Waals surface area contributed by atoms with Crippen LogP contribution in [-0.2, 0) is 9.59 Å². The zero-order valence-electron chi connectivity index (χ0n) is 18.9. The van der Waals surface area contributed by atoms with E-state index in [0.717, 1.165) is 16.0 Å². The molecule has 0 radical (unpaired) electrons. The van der Waals surface area contributed by atoms with Crippen molar-refractivity contribution in [2.75, 3.05) is 18.1 Å². The number of imide groups is 2. The zero-order chi connectivity index (χ0) is 24.1. The van der Waals surface area contributed by atoms with Crippen LogP contribution in [0.2, 0.25) is 0 Å². The fraction of sp³-hybridized carbons (Fsp3) is 0.148. The molecule has 7 nitrogen and oxygen atoms in total. The van der Waals surface area contributed by atoms with E-state index in [9.17, 15) is 14.4 Å². The van der Waals surface area contributed by atoms with E-state index < -0.39 is 17.8 Å². The summed E-state index contributed by atoms with van der Waals surface area (Å²) in [6.07, 6.45) is 1.47. The van der Waals surface area contributed by atoms with Gasteiger partial charge in [-0.2, -0.15) is 0 Å². The van der Waals surface area contributed by atoms with Crippen molar-refractivity contribution < 1.29 is 23.9 Å². The van der Waals surface area contributed by atoms with Gasteiger partial charge in [-0.1, -0.05) is 54.6 Å². The van der Waals surface area contributed by atoms with Crippen LogP contribution in [0, 0.1) is 0 Å². The Morgan fingerprint density at radius 3 is 2.18 bits per heavy atom. The Balaban J connectivity index is 1.69. The molecule has 4 rings (SSSR count). The third-order valence-electron chi connectivity index (χ3n) is 5.21. The fourth-order valence-corrected chi connectivity index (χ4v) is 3.65. The van der Waals surface area contributed by atoms with Gasteiger partial charge in [0.2, 0.25) is 0 Å². The normalized spacial score (nSPS) is 14.8. The molecule has 1 fully saturated rings. The number of benzene rings is 3. The van der Waals surface area contributed by atoms with Crippen molar-refractivity contribution in [3.05, 3.63) is 83.9 Å². The van der Waals surface area contributed by atoms with Crippen LogP contribution in [0.15, 0.2) is 78.4 Å². The lowest BCUT2D eigenvalue weighted by Crippen LogP contribution is -2.54. The van der Waals surface area contributed by atoms with Gasteiger partial charge in [-0.3, -0.25) is 14.9 Å². The van der Waals surface area contributed by atoms with E-state index in [-0.39, 0.29) is 11.3 Å². The monoisotopic (exact) mass is 456 g/mol. The number of hydrogen-bond acceptors (Lipinski definition) is 5. The first-order chi connectivity index (χ1) is 16.5. The lowest BCUT2D eigenvalue weighted by molar-refractivity contribution is -0.122. The van der Waals surface area contributed by atoms with Gasteiger partial charge >= 0.3 is 6.03 Å². The van der Waals surface area contributed by atoms with E-state index in [1.807, 2.05) is 61.5 Å². The van der Waals surface area contributed by atoms with E-state index in [2.05, 4.69) is 5.32 Å². The molecule has 1 saturated heterocycles. The highest BCUT2D eigenvalue weighted by molar-refractivity contribution is 6.39. The number of nitrogens with zero attached hydrogens (tertiary/aromatic N) is 1. The van der Waals surface area contributed by atoms with Crippen LogP contribution in [-0.4, -0.2) is 31.1 Å². The van der Waals surface area contributed by atoms with E-state index in [4.69, 9.17) is 9.47 Å². The Labute approximate surface area is 197 Å². The van der Waals surface area contributed by atoms with E-state index >= 15 is 0 Å². The zero-order valence-corrected chi connectivity index (χ0v) is 18.9. The number of rotatable bonds is 7. The number of amides is 4. The minimum Gasteiger partial charge on any atom is -0.494 e. The molecule has 172 valence electrons. The summed E-state index contributed by atoms with van der Waals surface area (Å²) in [5, 5.41) is 2.25. The maximum atomic E-state index is 13.3.